The first-order valence-corrected chi connectivity index (χ1v) is 8.56. The number of pyridine rings is 1. The van der Waals surface area contributed by atoms with Gasteiger partial charge in [-0.15, -0.1) is 0 Å². The van der Waals surface area contributed by atoms with Crippen LogP contribution in [0.2, 0.25) is 0 Å². The molecule has 3 aromatic rings. The molecule has 2 N–H and O–H groups in total. The Bertz CT molecular complexity index is 861. The van der Waals surface area contributed by atoms with Crippen molar-refractivity contribution in [3.8, 4) is 11.3 Å². The highest BCUT2D eigenvalue weighted by Crippen LogP contribution is 2.30. The van der Waals surface area contributed by atoms with Gasteiger partial charge in [-0.3, -0.25) is 4.40 Å². The lowest BCUT2D eigenvalue weighted by molar-refractivity contribution is 0.686. The lowest BCUT2D eigenvalue weighted by Crippen LogP contribution is -2.05. The van der Waals surface area contributed by atoms with E-state index in [1.165, 1.54) is 53.6 Å². The van der Waals surface area contributed by atoms with E-state index in [0.29, 0.717) is 6.54 Å². The van der Waals surface area contributed by atoms with Crippen molar-refractivity contribution in [2.75, 3.05) is 6.54 Å². The Morgan fingerprint density at radius 2 is 1.91 bits per heavy atom. The van der Waals surface area contributed by atoms with Gasteiger partial charge in [-0.25, -0.2) is 4.98 Å². The third-order valence-corrected chi connectivity index (χ3v) is 4.86. The van der Waals surface area contributed by atoms with Crippen molar-refractivity contribution in [3.63, 3.8) is 0 Å². The molecule has 23 heavy (non-hydrogen) atoms. The van der Waals surface area contributed by atoms with Gasteiger partial charge < -0.3 is 5.73 Å². The number of imidazole rings is 1. The van der Waals surface area contributed by atoms with Gasteiger partial charge in [-0.05, 0) is 74.0 Å². The smallest absolute Gasteiger partial charge is 0.137 e. The molecular weight excluding hydrogens is 282 g/mol. The van der Waals surface area contributed by atoms with Crippen molar-refractivity contribution < 1.29 is 0 Å². The van der Waals surface area contributed by atoms with Gasteiger partial charge in [0.25, 0.3) is 0 Å². The Kier molecular flexibility index (Phi) is 3.66. The van der Waals surface area contributed by atoms with Gasteiger partial charge in [0.15, 0.2) is 0 Å². The molecule has 0 saturated heterocycles. The summed E-state index contributed by atoms with van der Waals surface area (Å²) in [5.74, 6) is 0. The number of hydrogen-bond donors (Lipinski definition) is 1. The summed E-state index contributed by atoms with van der Waals surface area (Å²) < 4.78 is 2.21. The van der Waals surface area contributed by atoms with E-state index in [1.54, 1.807) is 0 Å². The van der Waals surface area contributed by atoms with Crippen LogP contribution >= 0.6 is 0 Å². The number of fused-ring (bicyclic) bond motifs is 2. The van der Waals surface area contributed by atoms with Gasteiger partial charge in [0.1, 0.15) is 5.65 Å². The first-order chi connectivity index (χ1) is 11.3. The zero-order valence-corrected chi connectivity index (χ0v) is 13.7. The molecular formula is C20H23N3. The first-order valence-electron chi connectivity index (χ1n) is 8.56. The molecule has 1 aliphatic rings. The molecule has 2 aromatic heterocycles. The van der Waals surface area contributed by atoms with E-state index >= 15 is 0 Å². The molecule has 3 nitrogen and oxygen atoms in total. The van der Waals surface area contributed by atoms with Gasteiger partial charge in [0.05, 0.1) is 11.4 Å². The third kappa shape index (κ3) is 2.55. The number of hydrogen-bond acceptors (Lipinski definition) is 2. The van der Waals surface area contributed by atoms with E-state index in [4.69, 9.17) is 10.7 Å². The summed E-state index contributed by atoms with van der Waals surface area (Å²) in [5, 5.41) is 0. The van der Waals surface area contributed by atoms with Crippen LogP contribution in [-0.2, 0) is 19.3 Å². The Morgan fingerprint density at radius 3 is 2.74 bits per heavy atom. The maximum atomic E-state index is 5.82. The highest BCUT2D eigenvalue weighted by atomic mass is 15.0. The predicted molar refractivity (Wildman–Crippen MR) is 94.8 cm³/mol. The molecule has 0 amide bonds. The zero-order valence-electron chi connectivity index (χ0n) is 13.7. The van der Waals surface area contributed by atoms with Crippen LogP contribution in [-0.4, -0.2) is 15.9 Å². The number of aryl methyl sites for hydroxylation is 3. The summed E-state index contributed by atoms with van der Waals surface area (Å²) >= 11 is 0. The van der Waals surface area contributed by atoms with E-state index in [0.717, 1.165) is 17.8 Å². The minimum absolute atomic E-state index is 0.626. The van der Waals surface area contributed by atoms with Gasteiger partial charge in [0, 0.05) is 18.2 Å². The number of nitrogens with zero attached hydrogens (tertiary/aromatic N) is 2. The van der Waals surface area contributed by atoms with Crippen LogP contribution in [0.1, 0.15) is 35.2 Å². The maximum Gasteiger partial charge on any atom is 0.137 e. The van der Waals surface area contributed by atoms with Crippen LogP contribution in [0.15, 0.2) is 36.5 Å². The van der Waals surface area contributed by atoms with Crippen LogP contribution in [0.25, 0.3) is 16.9 Å². The van der Waals surface area contributed by atoms with E-state index in [2.05, 4.69) is 47.9 Å². The van der Waals surface area contributed by atoms with Crippen molar-refractivity contribution in [3.05, 3.63) is 58.9 Å². The summed E-state index contributed by atoms with van der Waals surface area (Å²) in [6.45, 7) is 2.73. The second-order valence-corrected chi connectivity index (χ2v) is 6.57. The van der Waals surface area contributed by atoms with Gasteiger partial charge in [0.2, 0.25) is 0 Å². The molecule has 1 aromatic carbocycles. The van der Waals surface area contributed by atoms with Crippen LogP contribution in [0.4, 0.5) is 0 Å². The highest BCUT2D eigenvalue weighted by molar-refractivity contribution is 5.69. The number of benzene rings is 1. The highest BCUT2D eigenvalue weighted by Gasteiger charge is 2.16. The van der Waals surface area contributed by atoms with E-state index in [9.17, 15) is 0 Å². The summed E-state index contributed by atoms with van der Waals surface area (Å²) in [5.41, 5.74) is 14.7. The van der Waals surface area contributed by atoms with Crippen molar-refractivity contribution in [1.29, 1.82) is 0 Å². The Morgan fingerprint density at radius 1 is 1.09 bits per heavy atom. The summed E-state index contributed by atoms with van der Waals surface area (Å²) in [7, 11) is 0. The SMILES string of the molecule is Cc1ccn2c(-c3ccc4c(c3)CCCC4)c(CCN)nc2c1. The molecule has 2 heterocycles. The predicted octanol–water partition coefficient (Wildman–Crippen LogP) is 3.69. The Hall–Kier alpha value is -2.13. The largest absolute Gasteiger partial charge is 0.330 e. The third-order valence-electron chi connectivity index (χ3n) is 4.86. The van der Waals surface area contributed by atoms with Crippen LogP contribution in [0, 0.1) is 6.92 Å². The topological polar surface area (TPSA) is 43.3 Å². The molecule has 0 atom stereocenters. The average molecular weight is 305 g/mol. The maximum absolute atomic E-state index is 5.82. The number of nitrogens with two attached hydrogens (primary N) is 1. The van der Waals surface area contributed by atoms with Crippen molar-refractivity contribution in [2.24, 2.45) is 5.73 Å². The van der Waals surface area contributed by atoms with Crippen LogP contribution in [0.3, 0.4) is 0 Å². The quantitative estimate of drug-likeness (QED) is 0.802. The molecule has 4 rings (SSSR count). The molecule has 0 fully saturated rings. The molecule has 118 valence electrons. The second-order valence-electron chi connectivity index (χ2n) is 6.57. The van der Waals surface area contributed by atoms with Gasteiger partial charge >= 0.3 is 0 Å². The molecule has 0 aliphatic heterocycles. The van der Waals surface area contributed by atoms with Gasteiger partial charge in [-0.1, -0.05) is 12.1 Å². The Balaban J connectivity index is 1.91. The van der Waals surface area contributed by atoms with E-state index in [1.807, 2.05) is 0 Å². The number of rotatable bonds is 3. The fourth-order valence-electron chi connectivity index (χ4n) is 3.69. The van der Waals surface area contributed by atoms with E-state index in [-0.39, 0.29) is 0 Å². The Labute approximate surface area is 137 Å². The lowest BCUT2D eigenvalue weighted by Gasteiger charge is -2.17. The molecule has 0 saturated carbocycles. The van der Waals surface area contributed by atoms with Gasteiger partial charge in [-0.2, -0.15) is 0 Å². The summed E-state index contributed by atoms with van der Waals surface area (Å²) in [6.07, 6.45) is 7.99. The molecule has 0 spiro atoms. The minimum Gasteiger partial charge on any atom is -0.330 e. The fourth-order valence-corrected chi connectivity index (χ4v) is 3.69. The number of aromatic nitrogens is 2. The fraction of sp³-hybridized carbons (Fsp3) is 0.350. The zero-order chi connectivity index (χ0) is 15.8. The monoisotopic (exact) mass is 305 g/mol. The van der Waals surface area contributed by atoms with E-state index < -0.39 is 0 Å². The van der Waals surface area contributed by atoms with Crippen molar-refractivity contribution in [2.45, 2.75) is 39.0 Å². The minimum atomic E-state index is 0.626. The van der Waals surface area contributed by atoms with Crippen LogP contribution in [0.5, 0.6) is 0 Å². The summed E-state index contributed by atoms with van der Waals surface area (Å²) in [6, 6.07) is 11.2. The standard InChI is InChI=1S/C20H23N3/c1-14-9-11-23-19(12-14)22-18(8-10-21)20(23)17-7-6-15-4-2-3-5-16(15)13-17/h6-7,9,11-13H,2-5,8,10,21H2,1H3. The molecule has 0 unspecified atom stereocenters. The molecule has 0 bridgehead atoms. The summed E-state index contributed by atoms with van der Waals surface area (Å²) in [4.78, 5) is 4.83. The molecule has 3 heteroatoms. The van der Waals surface area contributed by atoms with Crippen molar-refractivity contribution >= 4 is 5.65 Å². The first kappa shape index (κ1) is 14.5. The van der Waals surface area contributed by atoms with Crippen molar-refractivity contribution in [1.82, 2.24) is 9.38 Å². The normalized spacial score (nSPS) is 14.2. The average Bonchev–Trinajstić information content (AvgIpc) is 2.91. The lowest BCUT2D eigenvalue weighted by atomic mass is 9.89. The van der Waals surface area contributed by atoms with Crippen LogP contribution < -0.4 is 5.73 Å². The second kappa shape index (κ2) is 5.82. The molecule has 0 radical (unpaired) electrons. The molecule has 1 aliphatic carbocycles.